The molecule has 1 N–H and O–H groups in total. The molecule has 5 rings (SSSR count). The van der Waals surface area contributed by atoms with Crippen molar-refractivity contribution in [1.29, 1.82) is 0 Å². The number of carbonyl (C=O) groups is 2. The maximum atomic E-state index is 13.8. The van der Waals surface area contributed by atoms with E-state index >= 15 is 0 Å². The van der Waals surface area contributed by atoms with E-state index < -0.39 is 5.54 Å². The van der Waals surface area contributed by atoms with Gasteiger partial charge in [-0.25, -0.2) is 0 Å². The summed E-state index contributed by atoms with van der Waals surface area (Å²) in [4.78, 5) is 32.5. The summed E-state index contributed by atoms with van der Waals surface area (Å²) in [5, 5.41) is 4.97. The molecule has 7 heteroatoms. The van der Waals surface area contributed by atoms with Gasteiger partial charge in [0.2, 0.25) is 5.91 Å². The minimum Gasteiger partial charge on any atom is -0.324 e. The summed E-state index contributed by atoms with van der Waals surface area (Å²) in [5.41, 5.74) is 1.50. The first-order valence-electron chi connectivity index (χ1n) is 9.98. The topological polar surface area (TPSA) is 62.3 Å². The van der Waals surface area contributed by atoms with Gasteiger partial charge in [-0.1, -0.05) is 35.3 Å². The molecule has 1 saturated heterocycles. The molecule has 1 aromatic heterocycles. The smallest absolute Gasteiger partial charge is 0.255 e. The fourth-order valence-electron chi connectivity index (χ4n) is 4.10. The molecule has 1 atom stereocenters. The Labute approximate surface area is 194 Å². The normalized spacial score (nSPS) is 17.8. The summed E-state index contributed by atoms with van der Waals surface area (Å²) in [7, 11) is 0. The van der Waals surface area contributed by atoms with Crippen molar-refractivity contribution < 1.29 is 9.59 Å². The van der Waals surface area contributed by atoms with Crippen LogP contribution in [0.3, 0.4) is 0 Å². The fraction of sp³-hybridized carbons (Fsp3) is 0.0800. The highest BCUT2D eigenvalue weighted by Crippen LogP contribution is 2.46. The van der Waals surface area contributed by atoms with Crippen molar-refractivity contribution in [3.05, 3.63) is 101 Å². The van der Waals surface area contributed by atoms with Crippen LogP contribution < -0.4 is 10.2 Å². The van der Waals surface area contributed by atoms with Crippen molar-refractivity contribution in [3.63, 3.8) is 0 Å². The number of pyridine rings is 1. The van der Waals surface area contributed by atoms with E-state index in [2.05, 4.69) is 10.3 Å². The van der Waals surface area contributed by atoms with Gasteiger partial charge >= 0.3 is 0 Å². The predicted octanol–water partition coefficient (Wildman–Crippen LogP) is 5.81. The number of hydrogen-bond acceptors (Lipinski definition) is 3. The van der Waals surface area contributed by atoms with Crippen LogP contribution in [-0.2, 0) is 15.1 Å². The molecule has 0 aliphatic carbocycles. The highest BCUT2D eigenvalue weighted by molar-refractivity contribution is 6.31. The third-order valence-corrected chi connectivity index (χ3v) is 6.19. The Morgan fingerprint density at radius 3 is 2.31 bits per heavy atom. The summed E-state index contributed by atoms with van der Waals surface area (Å²) < 4.78 is 0. The Balaban J connectivity index is 1.63. The molecule has 0 bridgehead atoms. The van der Waals surface area contributed by atoms with E-state index in [4.69, 9.17) is 23.2 Å². The molecule has 5 nitrogen and oxygen atoms in total. The number of rotatable bonds is 4. The first-order valence-corrected chi connectivity index (χ1v) is 10.7. The number of fused-ring (bicyclic) bond motifs is 1. The van der Waals surface area contributed by atoms with Crippen LogP contribution in [0.25, 0.3) is 10.9 Å². The lowest BCUT2D eigenvalue weighted by Crippen LogP contribution is -2.67. The van der Waals surface area contributed by atoms with Crippen molar-refractivity contribution >= 4 is 57.3 Å². The number of anilines is 2. The molecule has 0 radical (unpaired) electrons. The molecule has 1 unspecified atom stereocenters. The lowest BCUT2D eigenvalue weighted by Gasteiger charge is -2.50. The first-order chi connectivity index (χ1) is 15.5. The van der Waals surface area contributed by atoms with Crippen LogP contribution in [0.1, 0.15) is 12.0 Å². The number of amides is 2. The first kappa shape index (κ1) is 20.5. The maximum absolute atomic E-state index is 13.8. The van der Waals surface area contributed by atoms with Crippen LogP contribution in [0.15, 0.2) is 85.1 Å². The van der Waals surface area contributed by atoms with Crippen LogP contribution in [0.2, 0.25) is 10.0 Å². The van der Waals surface area contributed by atoms with Crippen LogP contribution in [0, 0.1) is 0 Å². The summed E-state index contributed by atoms with van der Waals surface area (Å²) >= 11 is 12.0. The van der Waals surface area contributed by atoms with Gasteiger partial charge in [0.1, 0.15) is 0 Å². The lowest BCUT2D eigenvalue weighted by molar-refractivity contribution is -0.137. The largest absolute Gasteiger partial charge is 0.324 e. The molecule has 4 aromatic rings. The number of nitrogens with one attached hydrogen (secondary N) is 1. The predicted molar refractivity (Wildman–Crippen MR) is 127 cm³/mol. The van der Waals surface area contributed by atoms with Gasteiger partial charge in [-0.15, -0.1) is 0 Å². The molecule has 1 aliphatic heterocycles. The molecule has 3 aromatic carbocycles. The van der Waals surface area contributed by atoms with Crippen LogP contribution in [0.4, 0.5) is 11.4 Å². The average molecular weight is 462 g/mol. The minimum atomic E-state index is -1.21. The highest BCUT2D eigenvalue weighted by atomic mass is 35.5. The van der Waals surface area contributed by atoms with Crippen LogP contribution >= 0.6 is 23.2 Å². The molecular weight excluding hydrogens is 445 g/mol. The molecule has 32 heavy (non-hydrogen) atoms. The van der Waals surface area contributed by atoms with E-state index in [1.54, 1.807) is 54.7 Å². The summed E-state index contributed by atoms with van der Waals surface area (Å²) in [6.45, 7) is 0. The third-order valence-electron chi connectivity index (χ3n) is 5.68. The fourth-order valence-corrected chi connectivity index (χ4v) is 4.35. The number of carbonyl (C=O) groups excluding carboxylic acids is 2. The van der Waals surface area contributed by atoms with Gasteiger partial charge in [-0.05, 0) is 72.3 Å². The molecule has 1 aliphatic rings. The zero-order valence-electron chi connectivity index (χ0n) is 16.8. The Hall–Kier alpha value is -3.41. The number of nitrogens with zero attached hydrogens (tertiary/aromatic N) is 2. The molecule has 158 valence electrons. The van der Waals surface area contributed by atoms with Gasteiger partial charge in [0.05, 0.1) is 11.9 Å². The van der Waals surface area contributed by atoms with E-state index in [0.29, 0.717) is 27.0 Å². The second-order valence-electron chi connectivity index (χ2n) is 7.61. The summed E-state index contributed by atoms with van der Waals surface area (Å²) in [5.74, 6) is -0.456. The second-order valence-corrected chi connectivity index (χ2v) is 8.49. The molecule has 0 spiro atoms. The number of hydrogen-bond donors (Lipinski definition) is 1. The SMILES string of the molecule is O=C1CC(C(=O)Nc2ccc(Cl)cc2)(c2ccc3ncccc3c2)N1c1ccc(Cl)cc1. The Bertz CT molecular complexity index is 1340. The number of halogens is 2. The summed E-state index contributed by atoms with van der Waals surface area (Å²) in [6.07, 6.45) is 1.76. The molecular formula is C25H17Cl2N3O2. The highest BCUT2D eigenvalue weighted by Gasteiger charge is 2.58. The quantitative estimate of drug-likeness (QED) is 0.389. The van der Waals surface area contributed by atoms with Crippen LogP contribution in [-0.4, -0.2) is 16.8 Å². The van der Waals surface area contributed by atoms with E-state index in [9.17, 15) is 9.59 Å². The average Bonchev–Trinajstić information content (AvgIpc) is 2.80. The van der Waals surface area contributed by atoms with Gasteiger partial charge in [-0.2, -0.15) is 0 Å². The molecule has 2 amide bonds. The Kier molecular flexibility index (Phi) is 5.08. The minimum absolute atomic E-state index is 0.0425. The zero-order chi connectivity index (χ0) is 22.3. The number of β-lactam (4-membered cyclic amide) rings is 1. The molecule has 1 fully saturated rings. The lowest BCUT2D eigenvalue weighted by atomic mass is 9.75. The van der Waals surface area contributed by atoms with E-state index in [1.165, 1.54) is 4.90 Å². The van der Waals surface area contributed by atoms with Crippen molar-refractivity contribution in [1.82, 2.24) is 4.98 Å². The van der Waals surface area contributed by atoms with E-state index in [0.717, 1.165) is 10.9 Å². The van der Waals surface area contributed by atoms with Crippen molar-refractivity contribution in [2.45, 2.75) is 12.0 Å². The monoisotopic (exact) mass is 461 g/mol. The van der Waals surface area contributed by atoms with Crippen molar-refractivity contribution in [2.24, 2.45) is 0 Å². The van der Waals surface area contributed by atoms with Gasteiger partial charge in [0, 0.05) is 33.0 Å². The molecule has 0 saturated carbocycles. The standard InChI is InChI=1S/C25H17Cl2N3O2/c26-18-4-8-20(9-5-18)29-24(32)25(17-3-12-22-16(14-17)2-1-13-28-22)15-23(31)30(25)21-10-6-19(27)7-11-21/h1-14H,15H2,(H,29,32). The van der Waals surface area contributed by atoms with E-state index in [1.807, 2.05) is 30.3 Å². The third kappa shape index (κ3) is 3.40. The van der Waals surface area contributed by atoms with Crippen molar-refractivity contribution in [3.8, 4) is 0 Å². The van der Waals surface area contributed by atoms with Gasteiger partial charge in [0.15, 0.2) is 5.54 Å². The number of aromatic nitrogens is 1. The van der Waals surface area contributed by atoms with Crippen LogP contribution in [0.5, 0.6) is 0 Å². The van der Waals surface area contributed by atoms with Gasteiger partial charge in [-0.3, -0.25) is 19.5 Å². The van der Waals surface area contributed by atoms with Gasteiger partial charge < -0.3 is 5.32 Å². The maximum Gasteiger partial charge on any atom is 0.255 e. The van der Waals surface area contributed by atoms with Gasteiger partial charge in [0.25, 0.3) is 5.91 Å². The zero-order valence-corrected chi connectivity index (χ0v) is 18.3. The summed E-state index contributed by atoms with van der Waals surface area (Å²) in [6, 6.07) is 23.2. The van der Waals surface area contributed by atoms with E-state index in [-0.39, 0.29) is 18.2 Å². The Morgan fingerprint density at radius 1 is 0.938 bits per heavy atom. The van der Waals surface area contributed by atoms with Crippen molar-refractivity contribution in [2.75, 3.05) is 10.2 Å². The Morgan fingerprint density at radius 2 is 1.62 bits per heavy atom. The second kappa shape index (κ2) is 7.93. The number of benzene rings is 3. The molecule has 2 heterocycles.